The Morgan fingerprint density at radius 3 is 2.65 bits per heavy atom. The third-order valence-electron chi connectivity index (χ3n) is 2.71. The SMILES string of the molecule is O=Cc1cccn2cc(-c3ccccc3)nc12. The molecule has 0 aliphatic rings. The molecule has 0 radical (unpaired) electrons. The third kappa shape index (κ3) is 1.61. The first kappa shape index (κ1) is 9.78. The normalized spacial score (nSPS) is 10.6. The van der Waals surface area contributed by atoms with E-state index in [9.17, 15) is 4.79 Å². The molecule has 0 amide bonds. The second-order valence-corrected chi connectivity index (χ2v) is 3.80. The van der Waals surface area contributed by atoms with E-state index in [0.717, 1.165) is 17.5 Å². The molecule has 0 N–H and O–H groups in total. The van der Waals surface area contributed by atoms with E-state index in [0.29, 0.717) is 11.2 Å². The van der Waals surface area contributed by atoms with Crippen molar-refractivity contribution in [1.29, 1.82) is 0 Å². The maximum absolute atomic E-state index is 10.9. The number of aldehydes is 1. The van der Waals surface area contributed by atoms with Gasteiger partial charge in [0.05, 0.1) is 11.3 Å². The Hall–Kier alpha value is -2.42. The minimum atomic E-state index is 0.606. The zero-order chi connectivity index (χ0) is 11.7. The smallest absolute Gasteiger partial charge is 0.153 e. The Labute approximate surface area is 98.4 Å². The average Bonchev–Trinajstić information content (AvgIpc) is 2.83. The monoisotopic (exact) mass is 222 g/mol. The lowest BCUT2D eigenvalue weighted by atomic mass is 10.2. The zero-order valence-electron chi connectivity index (χ0n) is 9.08. The highest BCUT2D eigenvalue weighted by Gasteiger charge is 2.06. The van der Waals surface area contributed by atoms with Crippen molar-refractivity contribution in [3.63, 3.8) is 0 Å². The van der Waals surface area contributed by atoms with Crippen molar-refractivity contribution in [2.24, 2.45) is 0 Å². The molecular weight excluding hydrogens is 212 g/mol. The number of fused-ring (bicyclic) bond motifs is 1. The standard InChI is InChI=1S/C14H10N2O/c17-10-12-7-4-8-16-9-13(15-14(12)16)11-5-2-1-3-6-11/h1-10H. The zero-order valence-corrected chi connectivity index (χ0v) is 9.08. The van der Waals surface area contributed by atoms with Crippen LogP contribution in [-0.4, -0.2) is 15.7 Å². The van der Waals surface area contributed by atoms with Gasteiger partial charge in [0.15, 0.2) is 6.29 Å². The number of carbonyl (C=O) groups excluding carboxylic acids is 1. The van der Waals surface area contributed by atoms with Crippen LogP contribution >= 0.6 is 0 Å². The van der Waals surface area contributed by atoms with Crippen LogP contribution in [0.1, 0.15) is 10.4 Å². The van der Waals surface area contributed by atoms with Crippen LogP contribution < -0.4 is 0 Å². The highest BCUT2D eigenvalue weighted by atomic mass is 16.1. The summed E-state index contributed by atoms with van der Waals surface area (Å²) in [5, 5.41) is 0. The molecule has 1 aromatic carbocycles. The Morgan fingerprint density at radius 2 is 1.88 bits per heavy atom. The average molecular weight is 222 g/mol. The summed E-state index contributed by atoms with van der Waals surface area (Å²) in [5.74, 6) is 0. The number of imidazole rings is 1. The Balaban J connectivity index is 2.24. The van der Waals surface area contributed by atoms with Gasteiger partial charge in [-0.3, -0.25) is 4.79 Å². The minimum absolute atomic E-state index is 0.606. The van der Waals surface area contributed by atoms with Gasteiger partial charge in [0, 0.05) is 18.0 Å². The van der Waals surface area contributed by atoms with Gasteiger partial charge in [0.25, 0.3) is 0 Å². The minimum Gasteiger partial charge on any atom is -0.306 e. The van der Waals surface area contributed by atoms with Crippen LogP contribution in [0.2, 0.25) is 0 Å². The molecule has 0 aliphatic carbocycles. The number of hydrogen-bond donors (Lipinski definition) is 0. The number of nitrogens with zero attached hydrogens (tertiary/aromatic N) is 2. The lowest BCUT2D eigenvalue weighted by Crippen LogP contribution is -1.88. The van der Waals surface area contributed by atoms with E-state index in [1.165, 1.54) is 0 Å². The summed E-state index contributed by atoms with van der Waals surface area (Å²) >= 11 is 0. The second-order valence-electron chi connectivity index (χ2n) is 3.80. The van der Waals surface area contributed by atoms with E-state index in [2.05, 4.69) is 4.98 Å². The van der Waals surface area contributed by atoms with Crippen molar-refractivity contribution in [3.8, 4) is 11.3 Å². The van der Waals surface area contributed by atoms with Crippen LogP contribution in [0.25, 0.3) is 16.9 Å². The number of rotatable bonds is 2. The van der Waals surface area contributed by atoms with Crippen molar-refractivity contribution < 1.29 is 4.79 Å². The summed E-state index contributed by atoms with van der Waals surface area (Å²) in [6.45, 7) is 0. The predicted octanol–water partition coefficient (Wildman–Crippen LogP) is 2.81. The second kappa shape index (κ2) is 3.87. The summed E-state index contributed by atoms with van der Waals surface area (Å²) in [7, 11) is 0. The van der Waals surface area contributed by atoms with Gasteiger partial charge in [-0.2, -0.15) is 0 Å². The molecule has 3 rings (SSSR count). The number of hydrogen-bond acceptors (Lipinski definition) is 2. The maximum atomic E-state index is 10.9. The van der Waals surface area contributed by atoms with Gasteiger partial charge in [-0.25, -0.2) is 4.98 Å². The molecule has 3 aromatic rings. The molecular formula is C14H10N2O. The highest BCUT2D eigenvalue weighted by molar-refractivity contribution is 5.85. The number of carbonyl (C=O) groups is 1. The van der Waals surface area contributed by atoms with Gasteiger partial charge >= 0.3 is 0 Å². The van der Waals surface area contributed by atoms with E-state index >= 15 is 0 Å². The Kier molecular flexibility index (Phi) is 2.22. The fourth-order valence-electron chi connectivity index (χ4n) is 1.87. The molecule has 2 heterocycles. The van der Waals surface area contributed by atoms with Crippen molar-refractivity contribution >= 4 is 11.9 Å². The van der Waals surface area contributed by atoms with E-state index in [4.69, 9.17) is 0 Å². The summed E-state index contributed by atoms with van der Waals surface area (Å²) in [6.07, 6.45) is 4.65. The molecule has 0 unspecified atom stereocenters. The van der Waals surface area contributed by atoms with E-state index < -0.39 is 0 Å². The molecule has 2 aromatic heterocycles. The molecule has 0 saturated heterocycles. The lowest BCUT2D eigenvalue weighted by molar-refractivity contribution is 0.112. The topological polar surface area (TPSA) is 34.4 Å². The van der Waals surface area contributed by atoms with E-state index in [1.54, 1.807) is 6.07 Å². The van der Waals surface area contributed by atoms with Crippen molar-refractivity contribution in [1.82, 2.24) is 9.38 Å². The van der Waals surface area contributed by atoms with Crippen molar-refractivity contribution in [2.45, 2.75) is 0 Å². The molecule has 0 atom stereocenters. The van der Waals surface area contributed by atoms with Crippen LogP contribution in [-0.2, 0) is 0 Å². The summed E-state index contributed by atoms with van der Waals surface area (Å²) < 4.78 is 1.87. The molecule has 0 aliphatic heterocycles. The fraction of sp³-hybridized carbons (Fsp3) is 0. The van der Waals surface area contributed by atoms with Crippen molar-refractivity contribution in [2.75, 3.05) is 0 Å². The first-order valence-corrected chi connectivity index (χ1v) is 5.37. The van der Waals surface area contributed by atoms with Crippen LogP contribution in [0, 0.1) is 0 Å². The molecule has 17 heavy (non-hydrogen) atoms. The fourth-order valence-corrected chi connectivity index (χ4v) is 1.87. The molecule has 0 bridgehead atoms. The van der Waals surface area contributed by atoms with E-state index in [-0.39, 0.29) is 0 Å². The molecule has 0 fully saturated rings. The first-order valence-electron chi connectivity index (χ1n) is 5.37. The molecule has 0 saturated carbocycles. The largest absolute Gasteiger partial charge is 0.306 e. The van der Waals surface area contributed by atoms with Gasteiger partial charge < -0.3 is 4.40 Å². The Bertz CT molecular complexity index is 671. The van der Waals surface area contributed by atoms with Gasteiger partial charge in [-0.15, -0.1) is 0 Å². The van der Waals surface area contributed by atoms with Gasteiger partial charge in [-0.05, 0) is 12.1 Å². The van der Waals surface area contributed by atoms with Crippen LogP contribution in [0.15, 0.2) is 54.9 Å². The molecule has 0 spiro atoms. The number of aromatic nitrogens is 2. The third-order valence-corrected chi connectivity index (χ3v) is 2.71. The number of benzene rings is 1. The Morgan fingerprint density at radius 1 is 1.06 bits per heavy atom. The first-order chi connectivity index (χ1) is 8.38. The molecule has 3 nitrogen and oxygen atoms in total. The van der Waals surface area contributed by atoms with Gasteiger partial charge in [0.2, 0.25) is 0 Å². The van der Waals surface area contributed by atoms with Crippen LogP contribution in [0.3, 0.4) is 0 Å². The maximum Gasteiger partial charge on any atom is 0.153 e. The lowest BCUT2D eigenvalue weighted by Gasteiger charge is -1.93. The molecule has 82 valence electrons. The summed E-state index contributed by atoms with van der Waals surface area (Å²) in [6, 6.07) is 13.5. The summed E-state index contributed by atoms with van der Waals surface area (Å²) in [5.41, 5.74) is 3.23. The van der Waals surface area contributed by atoms with Crippen LogP contribution in [0.4, 0.5) is 0 Å². The molecule has 3 heteroatoms. The predicted molar refractivity (Wildman–Crippen MR) is 66.0 cm³/mol. The number of pyridine rings is 1. The van der Waals surface area contributed by atoms with Crippen molar-refractivity contribution in [3.05, 3.63) is 60.4 Å². The summed E-state index contributed by atoms with van der Waals surface area (Å²) in [4.78, 5) is 15.4. The van der Waals surface area contributed by atoms with Gasteiger partial charge in [0.1, 0.15) is 5.65 Å². The quantitative estimate of drug-likeness (QED) is 0.625. The van der Waals surface area contributed by atoms with Gasteiger partial charge in [-0.1, -0.05) is 30.3 Å². The van der Waals surface area contributed by atoms with Crippen LogP contribution in [0.5, 0.6) is 0 Å². The van der Waals surface area contributed by atoms with E-state index in [1.807, 2.05) is 53.2 Å². The highest BCUT2D eigenvalue weighted by Crippen LogP contribution is 2.19.